The average Bonchev–Trinajstić information content (AvgIpc) is 3.32. The largest absolute Gasteiger partial charge is 0.494 e. The predicted molar refractivity (Wildman–Crippen MR) is 128 cm³/mol. The molecule has 192 valence electrons. The van der Waals surface area contributed by atoms with Crippen LogP contribution >= 0.6 is 0 Å². The second-order valence-corrected chi connectivity index (χ2v) is 8.46. The van der Waals surface area contributed by atoms with Gasteiger partial charge in [0.25, 0.3) is 0 Å². The van der Waals surface area contributed by atoms with Gasteiger partial charge in [-0.15, -0.1) is 0 Å². The van der Waals surface area contributed by atoms with Crippen LogP contribution in [0.1, 0.15) is 18.1 Å². The molecule has 4 rings (SSSR count). The molecule has 0 saturated carbocycles. The smallest absolute Gasteiger partial charge is 0.244 e. The number of likely N-dealkylation sites (N-methyl/N-ethyl adjacent to an activating group) is 1. The number of hydrogen-bond acceptors (Lipinski definition) is 8. The molecule has 0 spiro atoms. The van der Waals surface area contributed by atoms with E-state index in [1.54, 1.807) is 24.0 Å². The molecular formula is C24H29F2N7O3. The van der Waals surface area contributed by atoms with Crippen LogP contribution in [-0.4, -0.2) is 75.8 Å². The highest BCUT2D eigenvalue weighted by Gasteiger charge is 2.20. The molecule has 3 heterocycles. The lowest BCUT2D eigenvalue weighted by atomic mass is 10.1. The number of rotatable bonds is 9. The van der Waals surface area contributed by atoms with Crippen molar-refractivity contribution >= 4 is 17.5 Å². The van der Waals surface area contributed by atoms with Gasteiger partial charge in [0, 0.05) is 32.4 Å². The Kier molecular flexibility index (Phi) is 7.93. The van der Waals surface area contributed by atoms with Gasteiger partial charge in [0.15, 0.2) is 17.3 Å². The fraction of sp³-hybridized carbons (Fsp3) is 0.417. The van der Waals surface area contributed by atoms with E-state index in [9.17, 15) is 13.6 Å². The van der Waals surface area contributed by atoms with E-state index in [-0.39, 0.29) is 42.1 Å². The third kappa shape index (κ3) is 5.88. The highest BCUT2D eigenvalue weighted by Crippen LogP contribution is 2.28. The number of aryl methyl sites for hydroxylation is 1. The second-order valence-electron chi connectivity index (χ2n) is 8.46. The summed E-state index contributed by atoms with van der Waals surface area (Å²) in [6.07, 6.45) is 6.45. The lowest BCUT2D eigenvalue weighted by Gasteiger charge is -2.32. The van der Waals surface area contributed by atoms with Gasteiger partial charge in [-0.05, 0) is 25.1 Å². The van der Waals surface area contributed by atoms with Gasteiger partial charge >= 0.3 is 0 Å². The highest BCUT2D eigenvalue weighted by atomic mass is 19.1. The van der Waals surface area contributed by atoms with Crippen molar-refractivity contribution in [2.45, 2.75) is 26.5 Å². The number of nitrogens with zero attached hydrogens (tertiary/aromatic N) is 6. The summed E-state index contributed by atoms with van der Waals surface area (Å²) in [5.74, 6) is -0.945. The maximum Gasteiger partial charge on any atom is 0.244 e. The van der Waals surface area contributed by atoms with E-state index < -0.39 is 11.6 Å². The topological polar surface area (TPSA) is 97.6 Å². The molecule has 0 atom stereocenters. The molecular weight excluding hydrogens is 472 g/mol. The minimum absolute atomic E-state index is 0.0190. The fourth-order valence-corrected chi connectivity index (χ4v) is 3.81. The summed E-state index contributed by atoms with van der Waals surface area (Å²) in [5.41, 5.74) is 0.739. The molecule has 10 nitrogen and oxygen atoms in total. The van der Waals surface area contributed by atoms with Gasteiger partial charge in [0.05, 0.1) is 37.0 Å². The quantitative estimate of drug-likeness (QED) is 0.478. The van der Waals surface area contributed by atoms with Gasteiger partial charge in [-0.2, -0.15) is 5.10 Å². The zero-order chi connectivity index (χ0) is 25.7. The standard InChI is InChI=1S/C24H29F2N7O3/c1-4-16-9-20(35-3)23(26)19(22(16)25)15-36-18-11-27-24(28-12-18)30-17-10-29-33(13-17)14-21(34)32-7-5-31(2)6-8-32/h9-13H,4-8,14-15H2,1-3H3,(H,27,28,30). The number of piperazine rings is 1. The summed E-state index contributed by atoms with van der Waals surface area (Å²) in [6.45, 7) is 4.72. The van der Waals surface area contributed by atoms with Crippen molar-refractivity contribution in [1.29, 1.82) is 0 Å². The first-order valence-corrected chi connectivity index (χ1v) is 11.6. The minimum atomic E-state index is -0.797. The minimum Gasteiger partial charge on any atom is -0.494 e. The normalized spacial score (nSPS) is 14.1. The molecule has 12 heteroatoms. The van der Waals surface area contributed by atoms with Crippen molar-refractivity contribution in [3.63, 3.8) is 0 Å². The molecule has 1 aromatic carbocycles. The molecule has 0 unspecified atom stereocenters. The zero-order valence-electron chi connectivity index (χ0n) is 20.5. The van der Waals surface area contributed by atoms with Crippen LogP contribution in [0.5, 0.6) is 11.5 Å². The van der Waals surface area contributed by atoms with Crippen LogP contribution in [-0.2, 0) is 24.4 Å². The average molecular weight is 502 g/mol. The summed E-state index contributed by atoms with van der Waals surface area (Å²) >= 11 is 0. The number of benzene rings is 1. The Morgan fingerprint density at radius 2 is 1.83 bits per heavy atom. The van der Waals surface area contributed by atoms with E-state index in [0.29, 0.717) is 30.8 Å². The SMILES string of the molecule is CCc1cc(OC)c(F)c(COc2cnc(Nc3cnn(CC(=O)N4CCN(C)CC4)c3)nc2)c1F. The zero-order valence-corrected chi connectivity index (χ0v) is 20.5. The molecule has 1 fully saturated rings. The molecule has 1 aliphatic rings. The van der Waals surface area contributed by atoms with Crippen LogP contribution in [0.2, 0.25) is 0 Å². The number of ether oxygens (including phenoxy) is 2. The van der Waals surface area contributed by atoms with Crippen LogP contribution in [0.4, 0.5) is 20.4 Å². The lowest BCUT2D eigenvalue weighted by molar-refractivity contribution is -0.133. The maximum absolute atomic E-state index is 14.6. The third-order valence-corrected chi connectivity index (χ3v) is 5.99. The van der Waals surface area contributed by atoms with Crippen molar-refractivity contribution in [2.24, 2.45) is 0 Å². The number of aromatic nitrogens is 4. The molecule has 0 aliphatic carbocycles. The Balaban J connectivity index is 1.33. The second kappa shape index (κ2) is 11.3. The molecule has 0 radical (unpaired) electrons. The monoisotopic (exact) mass is 501 g/mol. The number of nitrogens with one attached hydrogen (secondary N) is 1. The van der Waals surface area contributed by atoms with E-state index in [4.69, 9.17) is 9.47 Å². The van der Waals surface area contributed by atoms with Gasteiger partial charge in [-0.1, -0.05) is 6.92 Å². The Hall–Kier alpha value is -3.80. The van der Waals surface area contributed by atoms with Crippen molar-refractivity contribution in [2.75, 3.05) is 45.7 Å². The number of carbonyl (C=O) groups excluding carboxylic acids is 1. The van der Waals surface area contributed by atoms with Gasteiger partial charge < -0.3 is 24.6 Å². The summed E-state index contributed by atoms with van der Waals surface area (Å²) < 4.78 is 41.2. The molecule has 2 aromatic heterocycles. The van der Waals surface area contributed by atoms with Crippen molar-refractivity contribution in [3.05, 3.63) is 53.6 Å². The summed E-state index contributed by atoms with van der Waals surface area (Å²) in [5, 5.41) is 7.23. The molecule has 1 N–H and O–H groups in total. The summed E-state index contributed by atoms with van der Waals surface area (Å²) in [6, 6.07) is 1.35. The molecule has 1 aliphatic heterocycles. The van der Waals surface area contributed by atoms with Gasteiger partial charge in [0.2, 0.25) is 11.9 Å². The van der Waals surface area contributed by atoms with Crippen LogP contribution in [0.25, 0.3) is 0 Å². The third-order valence-electron chi connectivity index (χ3n) is 5.99. The highest BCUT2D eigenvalue weighted by molar-refractivity contribution is 5.76. The molecule has 36 heavy (non-hydrogen) atoms. The van der Waals surface area contributed by atoms with Gasteiger partial charge in [-0.3, -0.25) is 9.48 Å². The predicted octanol–water partition coefficient (Wildman–Crippen LogP) is 2.62. The Morgan fingerprint density at radius 3 is 2.50 bits per heavy atom. The number of halogens is 2. The fourth-order valence-electron chi connectivity index (χ4n) is 3.81. The number of amides is 1. The van der Waals surface area contributed by atoms with Crippen molar-refractivity contribution in [1.82, 2.24) is 29.5 Å². The van der Waals surface area contributed by atoms with Gasteiger partial charge in [-0.25, -0.2) is 18.7 Å². The Morgan fingerprint density at radius 1 is 1.11 bits per heavy atom. The van der Waals surface area contributed by atoms with Crippen molar-refractivity contribution in [3.8, 4) is 11.5 Å². The number of methoxy groups -OCH3 is 1. The molecule has 1 saturated heterocycles. The number of anilines is 2. The first kappa shape index (κ1) is 25.3. The number of hydrogen-bond donors (Lipinski definition) is 1. The Labute approximate surface area is 207 Å². The van der Waals surface area contributed by atoms with Crippen LogP contribution in [0.15, 0.2) is 30.9 Å². The van der Waals surface area contributed by atoms with E-state index in [0.717, 1.165) is 13.1 Å². The first-order valence-electron chi connectivity index (χ1n) is 11.6. The van der Waals surface area contributed by atoms with E-state index >= 15 is 0 Å². The van der Waals surface area contributed by atoms with Crippen LogP contribution in [0, 0.1) is 11.6 Å². The van der Waals surface area contributed by atoms with Crippen molar-refractivity contribution < 1.29 is 23.0 Å². The van der Waals surface area contributed by atoms with Crippen LogP contribution in [0.3, 0.4) is 0 Å². The summed E-state index contributed by atoms with van der Waals surface area (Å²) in [7, 11) is 3.37. The lowest BCUT2D eigenvalue weighted by Crippen LogP contribution is -2.48. The molecule has 0 bridgehead atoms. The van der Waals surface area contributed by atoms with Crippen LogP contribution < -0.4 is 14.8 Å². The molecule has 1 amide bonds. The molecule has 3 aromatic rings. The first-order chi connectivity index (χ1) is 17.4. The van der Waals surface area contributed by atoms with E-state index in [1.165, 1.54) is 25.6 Å². The maximum atomic E-state index is 14.6. The Bertz CT molecular complexity index is 1170. The van der Waals surface area contributed by atoms with Gasteiger partial charge in [0.1, 0.15) is 19.0 Å². The van der Waals surface area contributed by atoms with E-state index in [1.807, 2.05) is 11.9 Å². The number of carbonyl (C=O) groups is 1. The van der Waals surface area contributed by atoms with E-state index in [2.05, 4.69) is 25.3 Å². The summed E-state index contributed by atoms with van der Waals surface area (Å²) in [4.78, 5) is 24.9.